The summed E-state index contributed by atoms with van der Waals surface area (Å²) < 4.78 is 5.35. The SMILES string of the molecule is CCCN1CCC(CNC(=NC)NCC(c2ccc(OC)cc2)N2CCCCC2)C1. The average molecular weight is 416 g/mol. The second-order valence-corrected chi connectivity index (χ2v) is 8.67. The predicted molar refractivity (Wildman–Crippen MR) is 125 cm³/mol. The van der Waals surface area contributed by atoms with Crippen LogP contribution in [-0.4, -0.2) is 75.7 Å². The molecule has 1 aromatic carbocycles. The van der Waals surface area contributed by atoms with Crippen LogP contribution in [0.25, 0.3) is 0 Å². The molecule has 0 aliphatic carbocycles. The quantitative estimate of drug-likeness (QED) is 0.479. The molecule has 2 heterocycles. The Morgan fingerprint density at radius 2 is 1.90 bits per heavy atom. The third-order valence-corrected chi connectivity index (χ3v) is 6.49. The summed E-state index contributed by atoms with van der Waals surface area (Å²) in [6.45, 7) is 10.1. The van der Waals surface area contributed by atoms with Crippen molar-refractivity contribution in [3.8, 4) is 5.75 Å². The second kappa shape index (κ2) is 12.2. The van der Waals surface area contributed by atoms with E-state index in [2.05, 4.69) is 56.6 Å². The lowest BCUT2D eigenvalue weighted by atomic mass is 10.0. The molecule has 0 amide bonds. The van der Waals surface area contributed by atoms with Gasteiger partial charge in [0, 0.05) is 26.7 Å². The maximum Gasteiger partial charge on any atom is 0.191 e. The molecule has 0 bridgehead atoms. The largest absolute Gasteiger partial charge is 0.497 e. The molecule has 2 aliphatic rings. The number of hydrogen-bond donors (Lipinski definition) is 2. The highest BCUT2D eigenvalue weighted by atomic mass is 16.5. The lowest BCUT2D eigenvalue weighted by Gasteiger charge is -2.35. The smallest absolute Gasteiger partial charge is 0.191 e. The first-order valence-corrected chi connectivity index (χ1v) is 11.8. The maximum absolute atomic E-state index is 5.35. The van der Waals surface area contributed by atoms with E-state index in [1.807, 2.05) is 7.05 Å². The molecule has 6 nitrogen and oxygen atoms in total. The summed E-state index contributed by atoms with van der Waals surface area (Å²) in [7, 11) is 3.59. The van der Waals surface area contributed by atoms with Gasteiger partial charge in [0.25, 0.3) is 0 Å². The van der Waals surface area contributed by atoms with Crippen molar-refractivity contribution in [3.05, 3.63) is 29.8 Å². The zero-order chi connectivity index (χ0) is 21.2. The van der Waals surface area contributed by atoms with Crippen LogP contribution < -0.4 is 15.4 Å². The standard InChI is InChI=1S/C24H41N5O/c1-4-13-28-16-12-20(19-28)17-26-24(25-2)27-18-23(29-14-6-5-7-15-29)21-8-10-22(30-3)11-9-21/h8-11,20,23H,4-7,12-19H2,1-3H3,(H2,25,26,27). The number of guanidine groups is 1. The molecule has 0 spiro atoms. The molecule has 30 heavy (non-hydrogen) atoms. The Morgan fingerprint density at radius 3 is 2.57 bits per heavy atom. The Labute approximate surface area is 183 Å². The first kappa shape index (κ1) is 22.9. The van der Waals surface area contributed by atoms with Crippen molar-refractivity contribution < 1.29 is 4.74 Å². The minimum Gasteiger partial charge on any atom is -0.497 e. The Hall–Kier alpha value is -1.79. The first-order valence-electron chi connectivity index (χ1n) is 11.8. The molecule has 168 valence electrons. The average Bonchev–Trinajstić information content (AvgIpc) is 3.25. The summed E-state index contributed by atoms with van der Waals surface area (Å²) in [5, 5.41) is 7.18. The topological polar surface area (TPSA) is 52.1 Å². The number of aliphatic imine (C=N–C) groups is 1. The van der Waals surface area contributed by atoms with Crippen LogP contribution in [0.1, 0.15) is 50.6 Å². The van der Waals surface area contributed by atoms with Crippen molar-refractivity contribution in [3.63, 3.8) is 0 Å². The minimum absolute atomic E-state index is 0.348. The number of nitrogens with one attached hydrogen (secondary N) is 2. The minimum atomic E-state index is 0.348. The number of benzene rings is 1. The molecule has 2 saturated heterocycles. The van der Waals surface area contributed by atoms with Crippen LogP contribution in [0.5, 0.6) is 5.75 Å². The molecule has 0 aromatic heterocycles. The highest BCUT2D eigenvalue weighted by Gasteiger charge is 2.24. The molecular weight excluding hydrogens is 374 g/mol. The molecule has 0 radical (unpaired) electrons. The zero-order valence-corrected chi connectivity index (χ0v) is 19.2. The summed E-state index contributed by atoms with van der Waals surface area (Å²) in [4.78, 5) is 9.68. The summed E-state index contributed by atoms with van der Waals surface area (Å²) in [6, 6.07) is 8.90. The van der Waals surface area contributed by atoms with Crippen LogP contribution in [0, 0.1) is 5.92 Å². The van der Waals surface area contributed by atoms with Gasteiger partial charge in [0.05, 0.1) is 13.2 Å². The summed E-state index contributed by atoms with van der Waals surface area (Å²) >= 11 is 0. The van der Waals surface area contributed by atoms with Crippen LogP contribution in [0.15, 0.2) is 29.3 Å². The van der Waals surface area contributed by atoms with Gasteiger partial charge in [-0.3, -0.25) is 9.89 Å². The van der Waals surface area contributed by atoms with Crippen molar-refractivity contribution in [1.29, 1.82) is 0 Å². The van der Waals surface area contributed by atoms with E-state index < -0.39 is 0 Å². The van der Waals surface area contributed by atoms with E-state index in [1.165, 1.54) is 70.4 Å². The van der Waals surface area contributed by atoms with Gasteiger partial charge in [-0.25, -0.2) is 0 Å². The van der Waals surface area contributed by atoms with E-state index >= 15 is 0 Å². The molecular formula is C24H41N5O. The summed E-state index contributed by atoms with van der Waals surface area (Å²) in [6.07, 6.45) is 6.45. The van der Waals surface area contributed by atoms with Crippen molar-refractivity contribution in [2.75, 3.05) is 60.0 Å². The summed E-state index contributed by atoms with van der Waals surface area (Å²) in [5.41, 5.74) is 1.34. The van der Waals surface area contributed by atoms with Gasteiger partial charge in [-0.1, -0.05) is 25.5 Å². The molecule has 3 rings (SSSR count). The van der Waals surface area contributed by atoms with Gasteiger partial charge in [0.2, 0.25) is 0 Å². The molecule has 2 unspecified atom stereocenters. The number of piperidine rings is 1. The zero-order valence-electron chi connectivity index (χ0n) is 19.2. The Balaban J connectivity index is 1.55. The molecule has 2 aliphatic heterocycles. The molecule has 1 aromatic rings. The van der Waals surface area contributed by atoms with Crippen LogP contribution in [0.2, 0.25) is 0 Å². The highest BCUT2D eigenvalue weighted by Crippen LogP contribution is 2.26. The van der Waals surface area contributed by atoms with Crippen molar-refractivity contribution in [1.82, 2.24) is 20.4 Å². The van der Waals surface area contributed by atoms with E-state index in [-0.39, 0.29) is 0 Å². The first-order chi connectivity index (χ1) is 14.7. The van der Waals surface area contributed by atoms with Crippen LogP contribution >= 0.6 is 0 Å². The predicted octanol–water partition coefficient (Wildman–Crippen LogP) is 3.12. The Bertz CT molecular complexity index is 642. The fourth-order valence-corrected chi connectivity index (χ4v) is 4.77. The Kier molecular flexibility index (Phi) is 9.27. The van der Waals surface area contributed by atoms with E-state index in [0.29, 0.717) is 6.04 Å². The van der Waals surface area contributed by atoms with Crippen molar-refractivity contribution >= 4 is 5.96 Å². The van der Waals surface area contributed by atoms with Crippen molar-refractivity contribution in [2.45, 2.75) is 45.1 Å². The second-order valence-electron chi connectivity index (χ2n) is 8.67. The number of methoxy groups -OCH3 is 1. The third-order valence-electron chi connectivity index (χ3n) is 6.49. The van der Waals surface area contributed by atoms with Gasteiger partial charge in [-0.2, -0.15) is 0 Å². The van der Waals surface area contributed by atoms with E-state index in [9.17, 15) is 0 Å². The summed E-state index contributed by atoms with van der Waals surface area (Å²) in [5.74, 6) is 2.55. The highest BCUT2D eigenvalue weighted by molar-refractivity contribution is 5.79. The van der Waals surface area contributed by atoms with Crippen LogP contribution in [-0.2, 0) is 0 Å². The molecule has 0 saturated carbocycles. The monoisotopic (exact) mass is 415 g/mol. The van der Waals surface area contributed by atoms with Gasteiger partial charge in [-0.05, 0) is 75.5 Å². The fraction of sp³-hybridized carbons (Fsp3) is 0.708. The normalized spacial score (nSPS) is 22.1. The van der Waals surface area contributed by atoms with Gasteiger partial charge < -0.3 is 20.3 Å². The van der Waals surface area contributed by atoms with Gasteiger partial charge in [0.15, 0.2) is 5.96 Å². The Morgan fingerprint density at radius 1 is 1.13 bits per heavy atom. The van der Waals surface area contributed by atoms with Crippen molar-refractivity contribution in [2.24, 2.45) is 10.9 Å². The number of hydrogen-bond acceptors (Lipinski definition) is 4. The maximum atomic E-state index is 5.35. The molecule has 2 fully saturated rings. The third kappa shape index (κ3) is 6.61. The van der Waals surface area contributed by atoms with Gasteiger partial charge >= 0.3 is 0 Å². The van der Waals surface area contributed by atoms with E-state index in [4.69, 9.17) is 4.74 Å². The molecule has 2 N–H and O–H groups in total. The van der Waals surface area contributed by atoms with Crippen LogP contribution in [0.4, 0.5) is 0 Å². The van der Waals surface area contributed by atoms with E-state index in [1.54, 1.807) is 7.11 Å². The number of likely N-dealkylation sites (tertiary alicyclic amines) is 2. The fourth-order valence-electron chi connectivity index (χ4n) is 4.77. The molecule has 2 atom stereocenters. The lowest BCUT2D eigenvalue weighted by Crippen LogP contribution is -2.45. The molecule has 6 heteroatoms. The number of nitrogens with zero attached hydrogens (tertiary/aromatic N) is 3. The van der Waals surface area contributed by atoms with Crippen LogP contribution in [0.3, 0.4) is 0 Å². The van der Waals surface area contributed by atoms with Gasteiger partial charge in [-0.15, -0.1) is 0 Å². The van der Waals surface area contributed by atoms with Gasteiger partial charge in [0.1, 0.15) is 5.75 Å². The lowest BCUT2D eigenvalue weighted by molar-refractivity contribution is 0.164. The number of rotatable bonds is 9. The number of ether oxygens (including phenoxy) is 1. The van der Waals surface area contributed by atoms with E-state index in [0.717, 1.165) is 30.7 Å².